The number of amides is 2. The van der Waals surface area contributed by atoms with Gasteiger partial charge in [-0.05, 0) is 71.3 Å². The first-order valence-corrected chi connectivity index (χ1v) is 11.7. The van der Waals surface area contributed by atoms with Crippen LogP contribution in [0.1, 0.15) is 28.8 Å². The van der Waals surface area contributed by atoms with Gasteiger partial charge in [-0.1, -0.05) is 36.4 Å². The quantitative estimate of drug-likeness (QED) is 0.346. The standard InChI is InChI=1S/C28H25N3O5/c32-26(25-7-4-12-31(25)28(35)36-17-18-5-2-1-3-6-18)30-23-15-21(14-22(16-23)27(33)34)19-8-9-24-20(13-19)10-11-29-24/h1-3,5-6,8-11,13-16,25,29H,4,7,12,17H2,(H,30,32)(H,33,34)/t25-/m0/s1. The van der Waals surface area contributed by atoms with E-state index in [0.717, 1.165) is 22.0 Å². The molecule has 1 atom stereocenters. The van der Waals surface area contributed by atoms with Gasteiger partial charge in [0.15, 0.2) is 0 Å². The van der Waals surface area contributed by atoms with Gasteiger partial charge in [-0.2, -0.15) is 0 Å². The Morgan fingerprint density at radius 3 is 2.64 bits per heavy atom. The lowest BCUT2D eigenvalue weighted by Gasteiger charge is -2.23. The minimum Gasteiger partial charge on any atom is -0.478 e. The first kappa shape index (κ1) is 23.2. The van der Waals surface area contributed by atoms with Gasteiger partial charge >= 0.3 is 12.1 Å². The van der Waals surface area contributed by atoms with Crippen LogP contribution in [0.2, 0.25) is 0 Å². The molecule has 1 aliphatic rings. The second-order valence-corrected chi connectivity index (χ2v) is 8.76. The number of aromatic nitrogens is 1. The van der Waals surface area contributed by atoms with Gasteiger partial charge in [0.2, 0.25) is 5.91 Å². The van der Waals surface area contributed by atoms with Gasteiger partial charge in [-0.15, -0.1) is 0 Å². The molecule has 1 saturated heterocycles. The lowest BCUT2D eigenvalue weighted by Crippen LogP contribution is -2.43. The van der Waals surface area contributed by atoms with Crippen LogP contribution in [-0.2, 0) is 16.1 Å². The van der Waals surface area contributed by atoms with Crippen LogP contribution in [-0.4, -0.2) is 45.5 Å². The summed E-state index contributed by atoms with van der Waals surface area (Å²) in [6.07, 6.45) is 2.47. The normalized spacial score (nSPS) is 15.1. The number of carbonyl (C=O) groups excluding carboxylic acids is 2. The molecule has 1 aliphatic heterocycles. The number of carbonyl (C=O) groups is 3. The summed E-state index contributed by atoms with van der Waals surface area (Å²) in [5.74, 6) is -1.47. The molecule has 4 aromatic rings. The van der Waals surface area contributed by atoms with Crippen LogP contribution in [0, 0.1) is 0 Å². The fourth-order valence-corrected chi connectivity index (χ4v) is 4.51. The smallest absolute Gasteiger partial charge is 0.410 e. The molecule has 0 bridgehead atoms. The van der Waals surface area contributed by atoms with Crippen molar-refractivity contribution in [3.63, 3.8) is 0 Å². The van der Waals surface area contributed by atoms with Crippen molar-refractivity contribution in [1.82, 2.24) is 9.88 Å². The summed E-state index contributed by atoms with van der Waals surface area (Å²) in [6, 6.07) is 21.1. The zero-order chi connectivity index (χ0) is 25.1. The maximum absolute atomic E-state index is 13.2. The number of benzene rings is 3. The first-order chi connectivity index (χ1) is 17.5. The highest BCUT2D eigenvalue weighted by molar-refractivity contribution is 5.99. The molecule has 3 N–H and O–H groups in total. The Balaban J connectivity index is 1.33. The highest BCUT2D eigenvalue weighted by Gasteiger charge is 2.35. The number of likely N-dealkylation sites (tertiary alicyclic amines) is 1. The van der Waals surface area contributed by atoms with E-state index in [2.05, 4.69) is 10.3 Å². The zero-order valence-corrected chi connectivity index (χ0v) is 19.4. The summed E-state index contributed by atoms with van der Waals surface area (Å²) < 4.78 is 5.43. The van der Waals surface area contributed by atoms with Crippen molar-refractivity contribution in [3.8, 4) is 11.1 Å². The maximum Gasteiger partial charge on any atom is 0.410 e. The number of rotatable bonds is 6. The molecule has 0 aliphatic carbocycles. The Bertz CT molecular complexity index is 1430. The van der Waals surface area contributed by atoms with Crippen molar-refractivity contribution in [2.75, 3.05) is 11.9 Å². The highest BCUT2D eigenvalue weighted by Crippen LogP contribution is 2.29. The molecule has 1 aromatic heterocycles. The minimum absolute atomic E-state index is 0.0579. The molecule has 8 nitrogen and oxygen atoms in total. The van der Waals surface area contributed by atoms with E-state index in [9.17, 15) is 19.5 Å². The molecule has 0 radical (unpaired) electrons. The molecule has 0 unspecified atom stereocenters. The Morgan fingerprint density at radius 2 is 1.83 bits per heavy atom. The highest BCUT2D eigenvalue weighted by atomic mass is 16.6. The fourth-order valence-electron chi connectivity index (χ4n) is 4.51. The molecule has 2 amide bonds. The van der Waals surface area contributed by atoms with E-state index in [-0.39, 0.29) is 18.1 Å². The van der Waals surface area contributed by atoms with E-state index in [4.69, 9.17) is 4.74 Å². The third kappa shape index (κ3) is 4.93. The molecule has 0 saturated carbocycles. The van der Waals surface area contributed by atoms with E-state index < -0.39 is 18.1 Å². The van der Waals surface area contributed by atoms with Crippen LogP contribution >= 0.6 is 0 Å². The van der Waals surface area contributed by atoms with Crippen molar-refractivity contribution >= 4 is 34.6 Å². The largest absolute Gasteiger partial charge is 0.478 e. The van der Waals surface area contributed by atoms with Gasteiger partial charge in [-0.3, -0.25) is 9.69 Å². The number of aromatic carboxylic acids is 1. The summed E-state index contributed by atoms with van der Waals surface area (Å²) in [5, 5.41) is 13.5. The van der Waals surface area contributed by atoms with Crippen molar-refractivity contribution in [2.24, 2.45) is 0 Å². The molecular weight excluding hydrogens is 458 g/mol. The van der Waals surface area contributed by atoms with Crippen molar-refractivity contribution in [1.29, 1.82) is 0 Å². The van der Waals surface area contributed by atoms with Gasteiger partial charge in [0.1, 0.15) is 12.6 Å². The van der Waals surface area contributed by atoms with Crippen molar-refractivity contribution < 1.29 is 24.2 Å². The van der Waals surface area contributed by atoms with Gasteiger partial charge in [0, 0.05) is 23.9 Å². The predicted octanol–water partition coefficient (Wildman–Crippen LogP) is 5.27. The molecule has 8 heteroatoms. The molecule has 1 fully saturated rings. The van der Waals surface area contributed by atoms with Crippen molar-refractivity contribution in [3.05, 3.63) is 90.1 Å². The zero-order valence-electron chi connectivity index (χ0n) is 19.4. The number of nitrogens with zero attached hydrogens (tertiary/aromatic N) is 1. The molecule has 3 aromatic carbocycles. The minimum atomic E-state index is -1.10. The number of carboxylic acids is 1. The average molecular weight is 484 g/mol. The molecule has 5 rings (SSSR count). The monoisotopic (exact) mass is 483 g/mol. The van der Waals surface area contributed by atoms with E-state index >= 15 is 0 Å². The number of H-pyrrole nitrogens is 1. The SMILES string of the molecule is O=C(O)c1cc(NC(=O)[C@@H]2CCCN2C(=O)OCc2ccccc2)cc(-c2ccc3[nH]ccc3c2)c1. The summed E-state index contributed by atoms with van der Waals surface area (Å²) in [7, 11) is 0. The van der Waals surface area contributed by atoms with Gasteiger partial charge < -0.3 is 20.1 Å². The lowest BCUT2D eigenvalue weighted by molar-refractivity contribution is -0.120. The van der Waals surface area contributed by atoms with E-state index in [1.807, 2.05) is 60.8 Å². The molecule has 2 heterocycles. The Morgan fingerprint density at radius 1 is 1.00 bits per heavy atom. The van der Waals surface area contributed by atoms with Crippen LogP contribution in [0.4, 0.5) is 10.5 Å². The first-order valence-electron chi connectivity index (χ1n) is 11.7. The number of aromatic amines is 1. The summed E-state index contributed by atoms with van der Waals surface area (Å²) in [4.78, 5) is 42.2. The number of hydrogen-bond donors (Lipinski definition) is 3. The van der Waals surface area contributed by atoms with E-state index in [1.54, 1.807) is 12.1 Å². The Labute approximate surface area is 207 Å². The van der Waals surface area contributed by atoms with Gasteiger partial charge in [0.05, 0.1) is 5.56 Å². The third-order valence-corrected chi connectivity index (χ3v) is 6.33. The predicted molar refractivity (Wildman–Crippen MR) is 136 cm³/mol. The number of ether oxygens (including phenoxy) is 1. The molecule has 36 heavy (non-hydrogen) atoms. The van der Waals surface area contributed by atoms with Crippen LogP contribution in [0.25, 0.3) is 22.0 Å². The topological polar surface area (TPSA) is 112 Å². The molecular formula is C28H25N3O5. The van der Waals surface area contributed by atoms with Crippen molar-refractivity contribution in [2.45, 2.75) is 25.5 Å². The van der Waals surface area contributed by atoms with E-state index in [1.165, 1.54) is 11.0 Å². The lowest BCUT2D eigenvalue weighted by atomic mass is 10.0. The number of hydrogen-bond acceptors (Lipinski definition) is 4. The van der Waals surface area contributed by atoms with Gasteiger partial charge in [0.25, 0.3) is 0 Å². The second-order valence-electron chi connectivity index (χ2n) is 8.76. The van der Waals surface area contributed by atoms with Crippen LogP contribution in [0.5, 0.6) is 0 Å². The third-order valence-electron chi connectivity index (χ3n) is 6.33. The number of carboxylic acid groups (broad SMARTS) is 1. The van der Waals surface area contributed by atoms with Crippen LogP contribution in [0.15, 0.2) is 79.0 Å². The summed E-state index contributed by atoms with van der Waals surface area (Å²) in [5.41, 5.74) is 3.74. The summed E-state index contributed by atoms with van der Waals surface area (Å²) in [6.45, 7) is 0.544. The second kappa shape index (κ2) is 9.95. The van der Waals surface area contributed by atoms with Gasteiger partial charge in [-0.25, -0.2) is 9.59 Å². The number of nitrogens with one attached hydrogen (secondary N) is 2. The fraction of sp³-hybridized carbons (Fsp3) is 0.179. The van der Waals surface area contributed by atoms with Crippen LogP contribution < -0.4 is 5.32 Å². The van der Waals surface area contributed by atoms with Crippen LogP contribution in [0.3, 0.4) is 0 Å². The number of fused-ring (bicyclic) bond motifs is 1. The Hall–Kier alpha value is -4.59. The number of anilines is 1. The Kier molecular flexibility index (Phi) is 6.40. The molecule has 182 valence electrons. The van der Waals surface area contributed by atoms with E-state index in [0.29, 0.717) is 30.6 Å². The summed E-state index contributed by atoms with van der Waals surface area (Å²) >= 11 is 0. The maximum atomic E-state index is 13.2. The average Bonchev–Trinajstić information content (AvgIpc) is 3.57. The molecule has 0 spiro atoms.